The molecule has 5 nitrogen and oxygen atoms in total. The monoisotopic (exact) mass is 290 g/mol. The Kier molecular flexibility index (Phi) is 4.05. The molecule has 21 heavy (non-hydrogen) atoms. The minimum Gasteiger partial charge on any atom is -0.481 e. The van der Waals surface area contributed by atoms with E-state index in [-0.39, 0.29) is 5.91 Å². The summed E-state index contributed by atoms with van der Waals surface area (Å²) >= 11 is 0. The summed E-state index contributed by atoms with van der Waals surface area (Å²) in [5, 5.41) is 9.65. The second-order valence-electron chi connectivity index (χ2n) is 6.27. The predicted molar refractivity (Wildman–Crippen MR) is 80.5 cm³/mol. The first kappa shape index (κ1) is 15.5. The summed E-state index contributed by atoms with van der Waals surface area (Å²) in [6.07, 6.45) is 0. The molecule has 0 spiro atoms. The van der Waals surface area contributed by atoms with Gasteiger partial charge < -0.3 is 14.9 Å². The zero-order valence-electron chi connectivity index (χ0n) is 13.0. The lowest BCUT2D eigenvalue weighted by Crippen LogP contribution is -2.58. The average molecular weight is 290 g/mol. The molecule has 1 amide bonds. The molecule has 1 aromatic rings. The Labute approximate surface area is 125 Å². The van der Waals surface area contributed by atoms with Crippen molar-refractivity contribution in [2.24, 2.45) is 0 Å². The van der Waals surface area contributed by atoms with Gasteiger partial charge >= 0.3 is 5.97 Å². The molecule has 1 N–H and O–H groups in total. The molecule has 0 saturated heterocycles. The van der Waals surface area contributed by atoms with E-state index in [1.807, 2.05) is 32.8 Å². The molecule has 1 unspecified atom stereocenters. The van der Waals surface area contributed by atoms with Crippen molar-refractivity contribution in [3.63, 3.8) is 0 Å². The van der Waals surface area contributed by atoms with Crippen LogP contribution in [0.4, 0.5) is 0 Å². The summed E-state index contributed by atoms with van der Waals surface area (Å²) in [5.41, 5.74) is 0.358. The molecular formula is C16H22N2O3. The van der Waals surface area contributed by atoms with Crippen molar-refractivity contribution in [3.05, 3.63) is 35.4 Å². The number of carbonyl (C=O) groups is 2. The Hall–Kier alpha value is -1.88. The highest BCUT2D eigenvalue weighted by Gasteiger charge is 2.48. The Morgan fingerprint density at radius 3 is 2.52 bits per heavy atom. The first-order valence-corrected chi connectivity index (χ1v) is 7.05. The van der Waals surface area contributed by atoms with Gasteiger partial charge in [0, 0.05) is 18.7 Å². The molecular weight excluding hydrogens is 268 g/mol. The molecule has 1 heterocycles. The van der Waals surface area contributed by atoms with Crippen LogP contribution in [0.2, 0.25) is 0 Å². The molecule has 0 aromatic heterocycles. The quantitative estimate of drug-likeness (QED) is 0.916. The van der Waals surface area contributed by atoms with Gasteiger partial charge in [0.1, 0.15) is 5.92 Å². The summed E-state index contributed by atoms with van der Waals surface area (Å²) in [7, 11) is 3.87. The van der Waals surface area contributed by atoms with Gasteiger partial charge in [0.25, 0.3) is 5.91 Å². The van der Waals surface area contributed by atoms with E-state index in [4.69, 9.17) is 0 Å². The number of hydrogen-bond acceptors (Lipinski definition) is 3. The highest BCUT2D eigenvalue weighted by atomic mass is 16.4. The SMILES string of the molecule is CN(C)CCN1C(=O)c2ccccc2C(C(=O)O)C1(C)C. The number of likely N-dealkylation sites (N-methyl/N-ethyl adjacent to an activating group) is 1. The molecule has 114 valence electrons. The Morgan fingerprint density at radius 2 is 1.95 bits per heavy atom. The highest BCUT2D eigenvalue weighted by Crippen LogP contribution is 2.40. The lowest BCUT2D eigenvalue weighted by atomic mass is 9.75. The predicted octanol–water partition coefficient (Wildman–Crippen LogP) is 1.65. The van der Waals surface area contributed by atoms with Crippen LogP contribution < -0.4 is 0 Å². The van der Waals surface area contributed by atoms with Crippen LogP contribution in [0.15, 0.2) is 24.3 Å². The second kappa shape index (κ2) is 5.48. The number of carboxylic acid groups (broad SMARTS) is 1. The van der Waals surface area contributed by atoms with Crippen molar-refractivity contribution in [1.29, 1.82) is 0 Å². The number of benzene rings is 1. The van der Waals surface area contributed by atoms with Gasteiger partial charge in [-0.15, -0.1) is 0 Å². The summed E-state index contributed by atoms with van der Waals surface area (Å²) in [5.74, 6) is -1.70. The minimum atomic E-state index is -0.894. The Balaban J connectivity index is 2.50. The van der Waals surface area contributed by atoms with E-state index in [9.17, 15) is 14.7 Å². The highest BCUT2D eigenvalue weighted by molar-refractivity contribution is 6.00. The number of aliphatic carboxylic acids is 1. The zero-order valence-corrected chi connectivity index (χ0v) is 13.0. The number of amides is 1. The van der Waals surface area contributed by atoms with E-state index in [1.165, 1.54) is 0 Å². The number of fused-ring (bicyclic) bond motifs is 1. The van der Waals surface area contributed by atoms with Gasteiger partial charge in [-0.05, 0) is 39.6 Å². The van der Waals surface area contributed by atoms with Crippen molar-refractivity contribution < 1.29 is 14.7 Å². The lowest BCUT2D eigenvalue weighted by Gasteiger charge is -2.47. The number of carboxylic acids is 1. The summed E-state index contributed by atoms with van der Waals surface area (Å²) in [6.45, 7) is 4.87. The molecule has 1 aliphatic rings. The molecule has 2 rings (SSSR count). The number of carbonyl (C=O) groups excluding carboxylic acids is 1. The fourth-order valence-electron chi connectivity index (χ4n) is 3.01. The second-order valence-corrected chi connectivity index (χ2v) is 6.27. The summed E-state index contributed by atoms with van der Waals surface area (Å²) in [4.78, 5) is 28.2. The fraction of sp³-hybridized carbons (Fsp3) is 0.500. The van der Waals surface area contributed by atoms with Crippen LogP contribution in [0, 0.1) is 0 Å². The van der Waals surface area contributed by atoms with E-state index in [1.54, 1.807) is 29.2 Å². The van der Waals surface area contributed by atoms with Crippen LogP contribution in [-0.4, -0.2) is 59.5 Å². The van der Waals surface area contributed by atoms with Gasteiger partial charge in [0.05, 0.1) is 5.54 Å². The smallest absolute Gasteiger partial charge is 0.313 e. The molecule has 5 heteroatoms. The third-order valence-corrected chi connectivity index (χ3v) is 4.17. The number of hydrogen-bond donors (Lipinski definition) is 1. The van der Waals surface area contributed by atoms with Crippen molar-refractivity contribution >= 4 is 11.9 Å². The van der Waals surface area contributed by atoms with Crippen LogP contribution in [0.25, 0.3) is 0 Å². The van der Waals surface area contributed by atoms with Crippen LogP contribution in [0.5, 0.6) is 0 Å². The van der Waals surface area contributed by atoms with Gasteiger partial charge in [0.15, 0.2) is 0 Å². The van der Waals surface area contributed by atoms with Gasteiger partial charge in [-0.1, -0.05) is 18.2 Å². The van der Waals surface area contributed by atoms with Crippen LogP contribution in [0.3, 0.4) is 0 Å². The molecule has 0 fully saturated rings. The number of nitrogens with zero attached hydrogens (tertiary/aromatic N) is 2. The third kappa shape index (κ3) is 2.65. The maximum absolute atomic E-state index is 12.7. The molecule has 0 saturated carbocycles. The molecule has 0 radical (unpaired) electrons. The van der Waals surface area contributed by atoms with Crippen molar-refractivity contribution in [2.75, 3.05) is 27.2 Å². The van der Waals surface area contributed by atoms with E-state index >= 15 is 0 Å². The average Bonchev–Trinajstić information content (AvgIpc) is 2.37. The van der Waals surface area contributed by atoms with Gasteiger partial charge in [-0.3, -0.25) is 9.59 Å². The maximum atomic E-state index is 12.7. The van der Waals surface area contributed by atoms with E-state index in [0.717, 1.165) is 0 Å². The van der Waals surface area contributed by atoms with E-state index in [0.29, 0.717) is 24.2 Å². The molecule has 1 atom stereocenters. The van der Waals surface area contributed by atoms with Gasteiger partial charge in [0.2, 0.25) is 0 Å². The standard InChI is InChI=1S/C16H22N2O3/c1-16(2)13(15(20)21)11-7-5-6-8-12(11)14(19)18(16)10-9-17(3)4/h5-8,13H,9-10H2,1-4H3,(H,20,21). The maximum Gasteiger partial charge on any atom is 0.313 e. The molecule has 0 aliphatic carbocycles. The fourth-order valence-corrected chi connectivity index (χ4v) is 3.01. The largest absolute Gasteiger partial charge is 0.481 e. The molecule has 0 bridgehead atoms. The van der Waals surface area contributed by atoms with Crippen LogP contribution in [-0.2, 0) is 4.79 Å². The minimum absolute atomic E-state index is 0.0880. The van der Waals surface area contributed by atoms with E-state index < -0.39 is 17.4 Å². The zero-order chi connectivity index (χ0) is 15.8. The Bertz CT molecular complexity index is 566. The van der Waals surface area contributed by atoms with Crippen molar-refractivity contribution in [2.45, 2.75) is 25.3 Å². The summed E-state index contributed by atoms with van der Waals surface area (Å²) < 4.78 is 0. The van der Waals surface area contributed by atoms with Crippen molar-refractivity contribution in [1.82, 2.24) is 9.80 Å². The lowest BCUT2D eigenvalue weighted by molar-refractivity contribution is -0.142. The van der Waals surface area contributed by atoms with Gasteiger partial charge in [-0.25, -0.2) is 0 Å². The first-order chi connectivity index (χ1) is 9.76. The number of rotatable bonds is 4. The van der Waals surface area contributed by atoms with E-state index in [2.05, 4.69) is 0 Å². The summed E-state index contributed by atoms with van der Waals surface area (Å²) in [6, 6.07) is 7.02. The van der Waals surface area contributed by atoms with Crippen LogP contribution in [0.1, 0.15) is 35.7 Å². The first-order valence-electron chi connectivity index (χ1n) is 7.05. The normalized spacial score (nSPS) is 20.5. The van der Waals surface area contributed by atoms with Crippen molar-refractivity contribution in [3.8, 4) is 0 Å². The van der Waals surface area contributed by atoms with Gasteiger partial charge in [-0.2, -0.15) is 0 Å². The Morgan fingerprint density at radius 1 is 1.33 bits per heavy atom. The topological polar surface area (TPSA) is 60.9 Å². The van der Waals surface area contributed by atoms with Crippen LogP contribution >= 0.6 is 0 Å². The third-order valence-electron chi connectivity index (χ3n) is 4.17. The molecule has 1 aromatic carbocycles. The molecule has 1 aliphatic heterocycles.